The van der Waals surface area contributed by atoms with Crippen molar-refractivity contribution in [3.05, 3.63) is 16.1 Å². The molecule has 1 radical (unpaired) electrons. The molecule has 0 atom stereocenters. The summed E-state index contributed by atoms with van der Waals surface area (Å²) in [7, 11) is 1.38. The summed E-state index contributed by atoms with van der Waals surface area (Å²) in [6, 6.07) is 0. The zero-order valence-electron chi connectivity index (χ0n) is 6.77. The zero-order chi connectivity index (χ0) is 9.26. The molecular formula is C7H6BN2O2S. The van der Waals surface area contributed by atoms with Crippen LogP contribution in [-0.4, -0.2) is 35.7 Å². The van der Waals surface area contributed by atoms with Crippen LogP contribution in [0.5, 0.6) is 0 Å². The number of rotatable bonds is 2. The molecule has 13 heavy (non-hydrogen) atoms. The van der Waals surface area contributed by atoms with Gasteiger partial charge < -0.3 is 9.61 Å². The van der Waals surface area contributed by atoms with E-state index in [0.29, 0.717) is 12.7 Å². The van der Waals surface area contributed by atoms with E-state index in [1.807, 2.05) is 0 Å². The summed E-state index contributed by atoms with van der Waals surface area (Å²) >= 11 is 1.36. The fourth-order valence-corrected chi connectivity index (χ4v) is 2.04. The van der Waals surface area contributed by atoms with Crippen LogP contribution < -0.4 is 0 Å². The highest BCUT2D eigenvalue weighted by molar-refractivity contribution is 7.12. The molecule has 0 amide bonds. The van der Waals surface area contributed by atoms with Crippen LogP contribution in [0.15, 0.2) is 5.51 Å². The van der Waals surface area contributed by atoms with Gasteiger partial charge in [-0.3, -0.25) is 4.79 Å². The van der Waals surface area contributed by atoms with E-state index in [4.69, 9.17) is 0 Å². The molecule has 0 N–H and O–H groups in total. The fourth-order valence-electron chi connectivity index (χ4n) is 1.30. The monoisotopic (exact) mass is 193 g/mol. The first kappa shape index (κ1) is 8.59. The van der Waals surface area contributed by atoms with Crippen molar-refractivity contribution in [2.45, 2.75) is 6.54 Å². The average molecular weight is 193 g/mol. The van der Waals surface area contributed by atoms with Crippen LogP contribution in [-0.2, 0) is 11.3 Å². The standard InChI is InChI=1S/C7H6BN2O2S/c11-3-8-10-1-5-7(6(12)2-10)13-4-9-5/h3-4H,1-2H2. The van der Waals surface area contributed by atoms with E-state index in [-0.39, 0.29) is 12.3 Å². The number of ketones is 1. The fraction of sp³-hybridized carbons (Fsp3) is 0.286. The number of Topliss-reactive ketones (excluding diaryl/α,β-unsaturated/α-hetero) is 1. The van der Waals surface area contributed by atoms with E-state index < -0.39 is 0 Å². The van der Waals surface area contributed by atoms with E-state index in [2.05, 4.69) is 4.98 Å². The SMILES string of the molecule is O=C[B]N1CC(=O)c2scnc2C1. The second-order valence-corrected chi connectivity index (χ2v) is 3.60. The maximum absolute atomic E-state index is 11.4. The number of hydrogen-bond acceptors (Lipinski definition) is 5. The molecule has 0 fully saturated rings. The van der Waals surface area contributed by atoms with Crippen LogP contribution >= 0.6 is 11.3 Å². The predicted octanol–water partition coefficient (Wildman–Crippen LogP) is -0.0492. The normalized spacial score (nSPS) is 16.8. The van der Waals surface area contributed by atoms with Gasteiger partial charge in [0.1, 0.15) is 0 Å². The van der Waals surface area contributed by atoms with Crippen molar-refractivity contribution in [1.29, 1.82) is 0 Å². The minimum atomic E-state index is 0.0434. The Kier molecular flexibility index (Phi) is 2.24. The van der Waals surface area contributed by atoms with Gasteiger partial charge in [0, 0.05) is 6.54 Å². The molecule has 2 heterocycles. The summed E-state index contributed by atoms with van der Waals surface area (Å²) in [5.74, 6) is 0.0434. The average Bonchev–Trinajstić information content (AvgIpc) is 2.53. The Morgan fingerprint density at radius 2 is 2.46 bits per heavy atom. The molecule has 0 aliphatic carbocycles. The number of hydrogen-bond donors (Lipinski definition) is 0. The third-order valence-electron chi connectivity index (χ3n) is 1.87. The lowest BCUT2D eigenvalue weighted by Gasteiger charge is -2.21. The van der Waals surface area contributed by atoms with Crippen molar-refractivity contribution >= 4 is 30.7 Å². The van der Waals surface area contributed by atoms with E-state index in [1.165, 1.54) is 18.8 Å². The van der Waals surface area contributed by atoms with Crippen molar-refractivity contribution in [3.8, 4) is 0 Å². The van der Waals surface area contributed by atoms with Gasteiger partial charge in [0.2, 0.25) is 0 Å². The third-order valence-corrected chi connectivity index (χ3v) is 2.78. The van der Waals surface area contributed by atoms with Gasteiger partial charge in [-0.25, -0.2) is 4.98 Å². The molecule has 0 bridgehead atoms. The topological polar surface area (TPSA) is 50.3 Å². The highest BCUT2D eigenvalue weighted by Gasteiger charge is 2.25. The van der Waals surface area contributed by atoms with Crippen molar-refractivity contribution in [2.75, 3.05) is 6.54 Å². The van der Waals surface area contributed by atoms with Crippen LogP contribution in [0.4, 0.5) is 0 Å². The molecule has 0 spiro atoms. The Labute approximate surface area is 79.8 Å². The zero-order valence-corrected chi connectivity index (χ0v) is 7.58. The summed E-state index contributed by atoms with van der Waals surface area (Å²) in [5.41, 5.74) is 2.44. The molecule has 0 aromatic carbocycles. The van der Waals surface area contributed by atoms with Gasteiger partial charge in [-0.1, -0.05) is 0 Å². The number of carbonyl (C=O) groups is 2. The lowest BCUT2D eigenvalue weighted by atomic mass is 9.91. The van der Waals surface area contributed by atoms with Crippen molar-refractivity contribution in [3.63, 3.8) is 0 Å². The van der Waals surface area contributed by atoms with E-state index >= 15 is 0 Å². The van der Waals surface area contributed by atoms with Crippen LogP contribution in [0.2, 0.25) is 0 Å². The van der Waals surface area contributed by atoms with Gasteiger partial charge in [0.25, 0.3) is 7.41 Å². The van der Waals surface area contributed by atoms with Crippen LogP contribution in [0, 0.1) is 0 Å². The molecular weight excluding hydrogens is 187 g/mol. The van der Waals surface area contributed by atoms with Crippen molar-refractivity contribution in [1.82, 2.24) is 9.79 Å². The summed E-state index contributed by atoms with van der Waals surface area (Å²) in [5, 5.41) is 0. The minimum absolute atomic E-state index is 0.0434. The Morgan fingerprint density at radius 1 is 1.62 bits per heavy atom. The van der Waals surface area contributed by atoms with Gasteiger partial charge in [-0.15, -0.1) is 11.3 Å². The molecule has 6 heteroatoms. The molecule has 2 rings (SSSR count). The summed E-state index contributed by atoms with van der Waals surface area (Å²) in [6.45, 7) is 0.844. The molecule has 1 aromatic rings. The predicted molar refractivity (Wildman–Crippen MR) is 49.4 cm³/mol. The second-order valence-electron chi connectivity index (χ2n) is 2.74. The molecule has 1 aliphatic rings. The number of nitrogens with zero attached hydrogens (tertiary/aromatic N) is 2. The van der Waals surface area contributed by atoms with Gasteiger partial charge in [0.05, 0.1) is 28.8 Å². The highest BCUT2D eigenvalue weighted by atomic mass is 32.1. The number of aromatic nitrogens is 1. The van der Waals surface area contributed by atoms with E-state index in [0.717, 1.165) is 10.6 Å². The van der Waals surface area contributed by atoms with Crippen molar-refractivity contribution in [2.24, 2.45) is 0 Å². The Morgan fingerprint density at radius 3 is 3.23 bits per heavy atom. The van der Waals surface area contributed by atoms with Crippen LogP contribution in [0.1, 0.15) is 15.4 Å². The maximum Gasteiger partial charge on any atom is 0.293 e. The molecule has 0 saturated carbocycles. The van der Waals surface area contributed by atoms with Gasteiger partial charge >= 0.3 is 0 Å². The van der Waals surface area contributed by atoms with Crippen LogP contribution in [0.25, 0.3) is 0 Å². The molecule has 0 saturated heterocycles. The largest absolute Gasteiger partial charge is 0.328 e. The highest BCUT2D eigenvalue weighted by Crippen LogP contribution is 2.20. The summed E-state index contributed by atoms with van der Waals surface area (Å²) in [4.78, 5) is 28.1. The molecule has 1 aliphatic heterocycles. The minimum Gasteiger partial charge on any atom is -0.328 e. The van der Waals surface area contributed by atoms with E-state index in [1.54, 1.807) is 10.3 Å². The second kappa shape index (κ2) is 3.39. The quantitative estimate of drug-likeness (QED) is 0.488. The number of carbonyl (C=O) groups excluding carboxylic acids is 2. The first-order valence-corrected chi connectivity index (χ1v) is 4.67. The Bertz CT molecular complexity index is 352. The Balaban J connectivity index is 2.23. The van der Waals surface area contributed by atoms with Gasteiger partial charge in [0.15, 0.2) is 5.78 Å². The smallest absolute Gasteiger partial charge is 0.293 e. The van der Waals surface area contributed by atoms with Gasteiger partial charge in [-0.2, -0.15) is 0 Å². The first-order valence-electron chi connectivity index (χ1n) is 3.79. The number of fused-ring (bicyclic) bond motifs is 1. The molecule has 0 unspecified atom stereocenters. The van der Waals surface area contributed by atoms with E-state index in [9.17, 15) is 9.59 Å². The third kappa shape index (κ3) is 1.55. The van der Waals surface area contributed by atoms with Crippen molar-refractivity contribution < 1.29 is 9.59 Å². The Hall–Kier alpha value is -1.01. The summed E-state index contributed by atoms with van der Waals surface area (Å²) in [6.07, 6.45) is 0.685. The molecule has 65 valence electrons. The lowest BCUT2D eigenvalue weighted by molar-refractivity contribution is 0.0954. The molecule has 1 aromatic heterocycles. The summed E-state index contributed by atoms with van der Waals surface area (Å²) < 4.78 is 0. The maximum atomic E-state index is 11.4. The van der Waals surface area contributed by atoms with Crippen LogP contribution in [0.3, 0.4) is 0 Å². The lowest BCUT2D eigenvalue weighted by Crippen LogP contribution is -2.37. The first-order chi connectivity index (χ1) is 6.31. The number of thiazole rings is 1. The van der Waals surface area contributed by atoms with Gasteiger partial charge in [-0.05, 0) is 0 Å². The molecule has 4 nitrogen and oxygen atoms in total.